The molecule has 0 atom stereocenters. The van der Waals surface area contributed by atoms with Crippen molar-refractivity contribution >= 4 is 47.1 Å². The van der Waals surface area contributed by atoms with Gasteiger partial charge >= 0.3 is 11.9 Å². The van der Waals surface area contributed by atoms with Gasteiger partial charge in [-0.25, -0.2) is 19.5 Å². The van der Waals surface area contributed by atoms with Crippen molar-refractivity contribution in [3.63, 3.8) is 0 Å². The fraction of sp³-hybridized carbons (Fsp3) is 0.429. The summed E-state index contributed by atoms with van der Waals surface area (Å²) in [4.78, 5) is 43.3. The third-order valence-electron chi connectivity index (χ3n) is 5.65. The van der Waals surface area contributed by atoms with Crippen molar-refractivity contribution in [2.45, 2.75) is 78.7 Å². The molecule has 42 heavy (non-hydrogen) atoms. The maximum Gasteiger partial charge on any atom is 0.326 e. The van der Waals surface area contributed by atoms with E-state index in [1.165, 1.54) is 58.0 Å². The molecule has 2 heterocycles. The van der Waals surface area contributed by atoms with Gasteiger partial charge in [-0.05, 0) is 79.7 Å². The number of carbonyl (C=O) groups excluding carboxylic acids is 3. The van der Waals surface area contributed by atoms with Crippen molar-refractivity contribution in [3.8, 4) is 11.5 Å². The Labute approximate surface area is 247 Å². The number of nitrogens with two attached hydrogens (primary N) is 1. The topological polar surface area (TPSA) is 163 Å². The molecule has 0 amide bonds. The fourth-order valence-electron chi connectivity index (χ4n) is 3.78. The SMILES string of the molecule is CC(C)OC(=O)C(C)(C)NP(=O)(NC(C)(C)C(=O)OC(C)C)c1ccc(-c2nc(N)sc2C(=O)c2cccc(F)c2)o1. The van der Waals surface area contributed by atoms with Gasteiger partial charge in [0.05, 0.1) is 12.2 Å². The summed E-state index contributed by atoms with van der Waals surface area (Å²) in [5.74, 6) is -2.47. The highest BCUT2D eigenvalue weighted by Gasteiger charge is 2.46. The van der Waals surface area contributed by atoms with Crippen LogP contribution >= 0.6 is 18.8 Å². The van der Waals surface area contributed by atoms with Gasteiger partial charge in [-0.3, -0.25) is 18.9 Å². The minimum Gasteiger partial charge on any atom is -0.462 e. The van der Waals surface area contributed by atoms with Crippen LogP contribution in [0, 0.1) is 5.82 Å². The second-order valence-corrected chi connectivity index (χ2v) is 14.3. The molecule has 1 aromatic carbocycles. The molecule has 3 aromatic rings. The van der Waals surface area contributed by atoms with Gasteiger partial charge in [0.15, 0.2) is 16.4 Å². The van der Waals surface area contributed by atoms with Crippen LogP contribution in [0.3, 0.4) is 0 Å². The molecule has 0 aliphatic carbocycles. The van der Waals surface area contributed by atoms with Crippen molar-refractivity contribution < 1.29 is 37.2 Å². The molecule has 4 N–H and O–H groups in total. The number of ether oxygens (including phenoxy) is 2. The first-order valence-electron chi connectivity index (χ1n) is 13.1. The third kappa shape index (κ3) is 7.71. The van der Waals surface area contributed by atoms with E-state index in [0.29, 0.717) is 0 Å². The lowest BCUT2D eigenvalue weighted by molar-refractivity contribution is -0.153. The molecule has 0 saturated carbocycles. The summed E-state index contributed by atoms with van der Waals surface area (Å²) in [5, 5.41) is 5.68. The van der Waals surface area contributed by atoms with E-state index in [1.54, 1.807) is 27.7 Å². The summed E-state index contributed by atoms with van der Waals surface area (Å²) in [5.41, 5.74) is 2.86. The first-order chi connectivity index (χ1) is 19.3. The summed E-state index contributed by atoms with van der Waals surface area (Å²) in [6.45, 7) is 12.6. The average Bonchev–Trinajstić information content (AvgIpc) is 3.49. The molecule has 0 aliphatic rings. The summed E-state index contributed by atoms with van der Waals surface area (Å²) < 4.78 is 45.1. The van der Waals surface area contributed by atoms with Gasteiger partial charge in [-0.2, -0.15) is 0 Å². The Kier molecular flexibility index (Phi) is 9.83. The van der Waals surface area contributed by atoms with E-state index in [1.807, 2.05) is 0 Å². The third-order valence-corrected chi connectivity index (χ3v) is 9.14. The Balaban J connectivity index is 2.08. The van der Waals surface area contributed by atoms with Crippen LogP contribution in [0.5, 0.6) is 0 Å². The van der Waals surface area contributed by atoms with Gasteiger partial charge in [-0.1, -0.05) is 23.5 Å². The van der Waals surface area contributed by atoms with Crippen molar-refractivity contribution in [3.05, 3.63) is 52.7 Å². The van der Waals surface area contributed by atoms with Crippen molar-refractivity contribution in [2.24, 2.45) is 0 Å². The smallest absolute Gasteiger partial charge is 0.326 e. The molecule has 0 unspecified atom stereocenters. The van der Waals surface area contributed by atoms with Gasteiger partial charge < -0.3 is 19.6 Å². The fourth-order valence-corrected chi connectivity index (χ4v) is 7.13. The van der Waals surface area contributed by atoms with Crippen LogP contribution in [0.4, 0.5) is 9.52 Å². The molecule has 14 heteroatoms. The number of hydrogen-bond acceptors (Lipinski definition) is 10. The van der Waals surface area contributed by atoms with Crippen LogP contribution in [-0.4, -0.2) is 46.0 Å². The lowest BCUT2D eigenvalue weighted by atomic mass is 10.1. The number of anilines is 1. The first-order valence-corrected chi connectivity index (χ1v) is 15.7. The predicted molar refractivity (Wildman–Crippen MR) is 158 cm³/mol. The predicted octanol–water partition coefficient (Wildman–Crippen LogP) is 4.81. The lowest BCUT2D eigenvalue weighted by Gasteiger charge is -2.34. The number of nitrogens with zero attached hydrogens (tertiary/aromatic N) is 1. The van der Waals surface area contributed by atoms with Crippen molar-refractivity contribution in [1.29, 1.82) is 0 Å². The Morgan fingerprint density at radius 3 is 2.02 bits per heavy atom. The summed E-state index contributed by atoms with van der Waals surface area (Å²) >= 11 is 0.886. The number of halogens is 1. The highest BCUT2D eigenvalue weighted by Crippen LogP contribution is 2.43. The molecule has 0 aliphatic heterocycles. The Morgan fingerprint density at radius 1 is 0.976 bits per heavy atom. The highest BCUT2D eigenvalue weighted by atomic mass is 32.1. The molecule has 3 rings (SSSR count). The molecule has 228 valence electrons. The molecular formula is C28H36FN4O7PS. The molecule has 0 radical (unpaired) electrons. The molecular weight excluding hydrogens is 586 g/mol. The number of benzene rings is 1. The Morgan fingerprint density at radius 2 is 1.52 bits per heavy atom. The minimum atomic E-state index is -4.16. The summed E-state index contributed by atoms with van der Waals surface area (Å²) in [7, 11) is -4.16. The van der Waals surface area contributed by atoms with Crippen LogP contribution in [0.25, 0.3) is 11.5 Å². The number of hydrogen-bond donors (Lipinski definition) is 3. The number of furan rings is 1. The van der Waals surface area contributed by atoms with Crippen molar-refractivity contribution in [2.75, 3.05) is 5.73 Å². The maximum atomic E-state index is 14.7. The number of rotatable bonds is 12. The number of esters is 2. The average molecular weight is 623 g/mol. The van der Waals surface area contributed by atoms with E-state index >= 15 is 0 Å². The monoisotopic (exact) mass is 622 g/mol. The molecule has 0 fully saturated rings. The standard InChI is InChI=1S/C28H36FN4O7PS/c1-15(2)38-24(35)27(5,6)32-41(37,33-28(7,8)25(36)39-16(3)4)20-13-12-19(40-20)21-23(42-26(30)31-21)22(34)17-10-9-11-18(29)14-17/h9-16H,1-8H3,(H2,30,31)(H2,32,33,37). The summed E-state index contributed by atoms with van der Waals surface area (Å²) in [6, 6.07) is 7.97. The van der Waals surface area contributed by atoms with Gasteiger partial charge in [0.1, 0.15) is 27.5 Å². The second kappa shape index (κ2) is 12.5. The van der Waals surface area contributed by atoms with Crippen LogP contribution in [-0.2, 0) is 23.6 Å². The van der Waals surface area contributed by atoms with Gasteiger partial charge in [0.2, 0.25) is 5.78 Å². The number of nitrogen functional groups attached to an aromatic ring is 1. The highest BCUT2D eigenvalue weighted by molar-refractivity contribution is 7.67. The molecule has 2 aromatic heterocycles. The van der Waals surface area contributed by atoms with Crippen LogP contribution in [0.1, 0.15) is 70.6 Å². The van der Waals surface area contributed by atoms with Gasteiger partial charge in [0.25, 0.3) is 7.44 Å². The molecule has 0 saturated heterocycles. The summed E-state index contributed by atoms with van der Waals surface area (Å²) in [6.07, 6.45) is -0.884. The van der Waals surface area contributed by atoms with E-state index < -0.39 is 54.3 Å². The largest absolute Gasteiger partial charge is 0.462 e. The van der Waals surface area contributed by atoms with E-state index in [0.717, 1.165) is 17.4 Å². The number of thiazole rings is 1. The lowest BCUT2D eigenvalue weighted by Crippen LogP contribution is -2.55. The van der Waals surface area contributed by atoms with Crippen LogP contribution < -0.4 is 21.4 Å². The van der Waals surface area contributed by atoms with Gasteiger partial charge in [-0.15, -0.1) is 0 Å². The number of ketones is 1. The van der Waals surface area contributed by atoms with E-state index in [2.05, 4.69) is 15.2 Å². The Bertz CT molecular complexity index is 1490. The first kappa shape index (κ1) is 33.1. The Hall–Kier alpha value is -3.38. The zero-order valence-electron chi connectivity index (χ0n) is 24.7. The minimum absolute atomic E-state index is 0.0339. The van der Waals surface area contributed by atoms with E-state index in [9.17, 15) is 23.3 Å². The number of aromatic nitrogens is 1. The quantitative estimate of drug-likeness (QED) is 0.144. The molecule has 0 bridgehead atoms. The molecule has 0 spiro atoms. The van der Waals surface area contributed by atoms with E-state index in [-0.39, 0.29) is 32.5 Å². The number of nitrogens with one attached hydrogen (secondary N) is 2. The van der Waals surface area contributed by atoms with Crippen LogP contribution in [0.15, 0.2) is 40.8 Å². The van der Waals surface area contributed by atoms with E-state index in [4.69, 9.17) is 19.6 Å². The second-order valence-electron chi connectivity index (χ2n) is 11.2. The van der Waals surface area contributed by atoms with Crippen LogP contribution in [0.2, 0.25) is 0 Å². The molecule has 11 nitrogen and oxygen atoms in total. The zero-order valence-corrected chi connectivity index (χ0v) is 26.4. The maximum absolute atomic E-state index is 14.7. The van der Waals surface area contributed by atoms with Gasteiger partial charge in [0, 0.05) is 5.56 Å². The normalized spacial score (nSPS) is 12.5. The zero-order chi connectivity index (χ0) is 31.6. The van der Waals surface area contributed by atoms with Crippen molar-refractivity contribution in [1.82, 2.24) is 15.2 Å². The number of carbonyl (C=O) groups is 3.